The van der Waals surface area contributed by atoms with E-state index in [1.165, 1.54) is 16.8 Å². The van der Waals surface area contributed by atoms with Gasteiger partial charge in [0.2, 0.25) is 0 Å². The molecule has 1 heterocycles. The normalized spacial score (nSPS) is 10.1. The minimum Gasteiger partial charge on any atom is -0.291 e. The number of non-ortho nitro benzene ring substituents is 1. The Labute approximate surface area is 83.9 Å². The Bertz CT molecular complexity index is 568. The molecule has 0 amide bonds. The first-order valence-corrected chi connectivity index (χ1v) is 4.03. The van der Waals surface area contributed by atoms with Crippen LogP contribution in [-0.2, 0) is 6.67 Å². The number of rotatable bonds is 2. The molecule has 7 nitrogen and oxygen atoms in total. The van der Waals surface area contributed by atoms with E-state index in [9.17, 15) is 10.1 Å². The van der Waals surface area contributed by atoms with Crippen molar-refractivity contribution in [3.8, 4) is 0 Å². The second-order valence-electron chi connectivity index (χ2n) is 2.82. The second kappa shape index (κ2) is 3.34. The van der Waals surface area contributed by atoms with Crippen LogP contribution in [0.2, 0.25) is 0 Å². The van der Waals surface area contributed by atoms with Gasteiger partial charge in [-0.05, 0) is 6.07 Å². The number of benzene rings is 1. The molecule has 0 aliphatic carbocycles. The van der Waals surface area contributed by atoms with E-state index in [0.717, 1.165) is 0 Å². The first-order valence-electron chi connectivity index (χ1n) is 4.03. The van der Waals surface area contributed by atoms with Gasteiger partial charge in [0.05, 0.1) is 10.4 Å². The van der Waals surface area contributed by atoms with Gasteiger partial charge < -0.3 is 0 Å². The van der Waals surface area contributed by atoms with E-state index in [1.807, 2.05) is 0 Å². The molecule has 2 aromatic rings. The van der Waals surface area contributed by atoms with Crippen molar-refractivity contribution >= 4 is 16.7 Å². The SMILES string of the molecule is [C-]#[N+]Cn1nnc2cc([N+](=O)[O-])ccc21. The van der Waals surface area contributed by atoms with Gasteiger partial charge in [0, 0.05) is 12.1 Å². The van der Waals surface area contributed by atoms with Gasteiger partial charge in [-0.1, -0.05) is 5.21 Å². The van der Waals surface area contributed by atoms with Crippen molar-refractivity contribution in [1.29, 1.82) is 0 Å². The highest BCUT2D eigenvalue weighted by Gasteiger charge is 2.11. The van der Waals surface area contributed by atoms with E-state index in [4.69, 9.17) is 6.57 Å². The summed E-state index contributed by atoms with van der Waals surface area (Å²) in [5.74, 6) is 0. The van der Waals surface area contributed by atoms with Crippen LogP contribution in [0.25, 0.3) is 15.9 Å². The van der Waals surface area contributed by atoms with Crippen molar-refractivity contribution in [3.63, 3.8) is 0 Å². The van der Waals surface area contributed by atoms with E-state index in [2.05, 4.69) is 15.2 Å². The molecule has 74 valence electrons. The summed E-state index contributed by atoms with van der Waals surface area (Å²) in [6.07, 6.45) is 0. The van der Waals surface area contributed by atoms with Crippen LogP contribution in [0.3, 0.4) is 0 Å². The van der Waals surface area contributed by atoms with Crippen molar-refractivity contribution in [3.05, 3.63) is 39.7 Å². The number of nitro groups is 1. The Morgan fingerprint density at radius 2 is 2.40 bits per heavy atom. The van der Waals surface area contributed by atoms with Crippen molar-refractivity contribution in [1.82, 2.24) is 15.0 Å². The van der Waals surface area contributed by atoms with E-state index in [1.54, 1.807) is 6.07 Å². The fourth-order valence-electron chi connectivity index (χ4n) is 1.25. The third-order valence-electron chi connectivity index (χ3n) is 1.91. The topological polar surface area (TPSA) is 78.2 Å². The molecule has 0 spiro atoms. The third-order valence-corrected chi connectivity index (χ3v) is 1.91. The van der Waals surface area contributed by atoms with Crippen molar-refractivity contribution in [2.75, 3.05) is 0 Å². The lowest BCUT2D eigenvalue weighted by molar-refractivity contribution is -0.384. The summed E-state index contributed by atoms with van der Waals surface area (Å²) in [5, 5.41) is 17.9. The summed E-state index contributed by atoms with van der Waals surface area (Å²) >= 11 is 0. The lowest BCUT2D eigenvalue weighted by Crippen LogP contribution is -1.95. The quantitative estimate of drug-likeness (QED) is 0.417. The standard InChI is InChI=1S/C8H5N5O2/c1-9-5-12-8-3-2-6(13(14)15)4-7(8)10-11-12/h2-4H,5H2. The molecule has 15 heavy (non-hydrogen) atoms. The average Bonchev–Trinajstić information content (AvgIpc) is 2.61. The third kappa shape index (κ3) is 1.48. The van der Waals surface area contributed by atoms with Crippen molar-refractivity contribution in [2.45, 2.75) is 6.67 Å². The largest absolute Gasteiger partial charge is 0.309 e. The minimum atomic E-state index is -0.493. The molecule has 0 fully saturated rings. The molecule has 0 bridgehead atoms. The number of aromatic nitrogens is 3. The van der Waals surface area contributed by atoms with Crippen molar-refractivity contribution < 1.29 is 4.92 Å². The molecule has 1 aromatic heterocycles. The number of fused-ring (bicyclic) bond motifs is 1. The maximum atomic E-state index is 10.5. The predicted octanol–water partition coefficient (Wildman–Crippen LogP) is 1.22. The maximum Gasteiger partial charge on any atom is 0.309 e. The zero-order chi connectivity index (χ0) is 10.8. The molecular weight excluding hydrogens is 198 g/mol. The molecule has 0 aliphatic rings. The second-order valence-corrected chi connectivity index (χ2v) is 2.82. The number of nitrogens with zero attached hydrogens (tertiary/aromatic N) is 5. The first-order chi connectivity index (χ1) is 7.22. The van der Waals surface area contributed by atoms with E-state index in [-0.39, 0.29) is 12.4 Å². The molecule has 0 saturated heterocycles. The predicted molar refractivity (Wildman–Crippen MR) is 50.8 cm³/mol. The van der Waals surface area contributed by atoms with E-state index >= 15 is 0 Å². The summed E-state index contributed by atoms with van der Waals surface area (Å²) in [6.45, 7) is 6.76. The van der Waals surface area contributed by atoms with Crippen LogP contribution >= 0.6 is 0 Å². The molecular formula is C8H5N5O2. The molecule has 7 heteroatoms. The van der Waals surface area contributed by atoms with Gasteiger partial charge in [0.25, 0.3) is 5.69 Å². The van der Waals surface area contributed by atoms with Crippen LogP contribution < -0.4 is 0 Å². The molecule has 0 atom stereocenters. The smallest absolute Gasteiger partial charge is 0.291 e. The lowest BCUT2D eigenvalue weighted by Gasteiger charge is -1.92. The van der Waals surface area contributed by atoms with Gasteiger partial charge in [-0.3, -0.25) is 15.0 Å². The highest BCUT2D eigenvalue weighted by Crippen LogP contribution is 2.18. The number of hydrogen-bond donors (Lipinski definition) is 0. The van der Waals surface area contributed by atoms with Crippen molar-refractivity contribution in [2.24, 2.45) is 0 Å². The Hall–Kier alpha value is -2.49. The van der Waals surface area contributed by atoms with Gasteiger partial charge >= 0.3 is 6.67 Å². The summed E-state index contributed by atoms with van der Waals surface area (Å²) < 4.78 is 1.39. The van der Waals surface area contributed by atoms with Crippen LogP contribution in [0.5, 0.6) is 0 Å². The van der Waals surface area contributed by atoms with Crippen LogP contribution in [0.1, 0.15) is 0 Å². The van der Waals surface area contributed by atoms with Gasteiger partial charge in [0.15, 0.2) is 0 Å². The molecule has 1 aromatic carbocycles. The van der Waals surface area contributed by atoms with E-state index in [0.29, 0.717) is 11.0 Å². The maximum absolute atomic E-state index is 10.5. The molecule has 0 radical (unpaired) electrons. The summed E-state index contributed by atoms with van der Waals surface area (Å²) in [4.78, 5) is 13.1. The Morgan fingerprint density at radius 1 is 1.60 bits per heavy atom. The van der Waals surface area contributed by atoms with Gasteiger partial charge in [-0.15, -0.1) is 5.10 Å². The molecule has 0 unspecified atom stereocenters. The highest BCUT2D eigenvalue weighted by molar-refractivity contribution is 5.76. The molecule has 2 rings (SSSR count). The average molecular weight is 203 g/mol. The highest BCUT2D eigenvalue weighted by atomic mass is 16.6. The minimum absolute atomic E-state index is 0.0302. The van der Waals surface area contributed by atoms with Gasteiger partial charge in [-0.25, -0.2) is 6.57 Å². The van der Waals surface area contributed by atoms with Gasteiger partial charge in [-0.2, -0.15) is 4.68 Å². The lowest BCUT2D eigenvalue weighted by atomic mass is 10.3. The Morgan fingerprint density at radius 3 is 3.07 bits per heavy atom. The molecule has 0 saturated carbocycles. The van der Waals surface area contributed by atoms with Crippen LogP contribution in [0.15, 0.2) is 18.2 Å². The molecule has 0 aliphatic heterocycles. The Kier molecular flexibility index (Phi) is 2.02. The van der Waals surface area contributed by atoms with Crippen LogP contribution in [0, 0.1) is 16.7 Å². The zero-order valence-electron chi connectivity index (χ0n) is 7.49. The van der Waals surface area contributed by atoms with Gasteiger partial charge in [0.1, 0.15) is 5.52 Å². The number of hydrogen-bond acceptors (Lipinski definition) is 4. The zero-order valence-corrected chi connectivity index (χ0v) is 7.49. The Balaban J connectivity index is 2.57. The fourth-order valence-corrected chi connectivity index (χ4v) is 1.25. The fraction of sp³-hybridized carbons (Fsp3) is 0.125. The number of nitro benzene ring substituents is 1. The van der Waals surface area contributed by atoms with Crippen LogP contribution in [-0.4, -0.2) is 19.9 Å². The van der Waals surface area contributed by atoms with Crippen LogP contribution in [0.4, 0.5) is 5.69 Å². The summed E-state index contributed by atoms with van der Waals surface area (Å²) in [6, 6.07) is 4.24. The summed E-state index contributed by atoms with van der Waals surface area (Å²) in [7, 11) is 0. The summed E-state index contributed by atoms with van der Waals surface area (Å²) in [5.41, 5.74) is 1.02. The first kappa shape index (κ1) is 9.08. The van der Waals surface area contributed by atoms with E-state index < -0.39 is 4.92 Å². The molecule has 0 N–H and O–H groups in total. The monoisotopic (exact) mass is 203 g/mol.